The number of allylic oxidation sites excluding steroid dienone is 2. The van der Waals surface area contributed by atoms with E-state index in [0.717, 1.165) is 25.7 Å². The Morgan fingerprint density at radius 3 is 1.89 bits per heavy atom. The number of aliphatic hydroxyl groups is 2. The average Bonchev–Trinajstić information content (AvgIpc) is 2.86. The first kappa shape index (κ1) is 33.1. The average molecular weight is 500 g/mol. The molecule has 35 heavy (non-hydrogen) atoms. The van der Waals surface area contributed by atoms with E-state index in [4.69, 9.17) is 19.7 Å². The number of hydrogen-bond acceptors (Lipinski definition) is 7. The normalized spacial score (nSPS) is 11.2. The third-order valence-electron chi connectivity index (χ3n) is 5.59. The number of hydrogen-bond donors (Lipinski definition) is 3. The van der Waals surface area contributed by atoms with Gasteiger partial charge in [0.1, 0.15) is 12.7 Å². The zero-order valence-electron chi connectivity index (χ0n) is 21.8. The molecule has 0 fully saturated rings. The molecule has 0 aromatic rings. The lowest BCUT2D eigenvalue weighted by atomic mass is 10.1. The van der Waals surface area contributed by atoms with Crippen LogP contribution in [0, 0.1) is 0 Å². The van der Waals surface area contributed by atoms with Crippen LogP contribution in [0.15, 0.2) is 12.2 Å². The van der Waals surface area contributed by atoms with Crippen LogP contribution >= 0.6 is 0 Å². The van der Waals surface area contributed by atoms with Crippen molar-refractivity contribution in [2.45, 2.75) is 116 Å². The number of esters is 2. The van der Waals surface area contributed by atoms with Crippen molar-refractivity contribution in [2.75, 3.05) is 26.4 Å². The molecule has 0 aliphatic carbocycles. The number of amides is 1. The quantitative estimate of drug-likeness (QED) is 0.102. The summed E-state index contributed by atoms with van der Waals surface area (Å²) in [6, 6.07) is 0. The van der Waals surface area contributed by atoms with Crippen LogP contribution < -0.4 is 5.32 Å². The van der Waals surface area contributed by atoms with Crippen LogP contribution in [0.1, 0.15) is 110 Å². The lowest BCUT2D eigenvalue weighted by molar-refractivity contribution is -0.156. The standard InChI is InChI=1S/C27H49NO7/c1-2-3-4-5-6-7-8-9-10-11-12-13-14-15-16-17-25(31)28-20-21-34-26(32)18-19-27(33)35-24(22-29)23-30/h9-10,24,29-30H,2-8,11-23H2,1H3,(H,28,31)/b10-9-. The number of carbonyl (C=O) groups is 3. The molecule has 0 aliphatic heterocycles. The van der Waals surface area contributed by atoms with Gasteiger partial charge in [0.2, 0.25) is 5.91 Å². The smallest absolute Gasteiger partial charge is 0.306 e. The van der Waals surface area contributed by atoms with E-state index in [1.807, 2.05) is 0 Å². The van der Waals surface area contributed by atoms with Gasteiger partial charge in [-0.1, -0.05) is 70.4 Å². The van der Waals surface area contributed by atoms with Crippen molar-refractivity contribution in [3.05, 3.63) is 12.2 Å². The Morgan fingerprint density at radius 1 is 0.743 bits per heavy atom. The van der Waals surface area contributed by atoms with Crippen molar-refractivity contribution in [3.63, 3.8) is 0 Å². The summed E-state index contributed by atoms with van der Waals surface area (Å²) in [5.74, 6) is -1.32. The van der Waals surface area contributed by atoms with Crippen LogP contribution in [0.5, 0.6) is 0 Å². The summed E-state index contributed by atoms with van der Waals surface area (Å²) in [4.78, 5) is 34.9. The van der Waals surface area contributed by atoms with Crippen LogP contribution in [-0.4, -0.2) is 60.5 Å². The van der Waals surface area contributed by atoms with Gasteiger partial charge in [0.05, 0.1) is 32.6 Å². The van der Waals surface area contributed by atoms with Gasteiger partial charge in [0.25, 0.3) is 0 Å². The molecule has 1 amide bonds. The number of rotatable bonds is 24. The topological polar surface area (TPSA) is 122 Å². The highest BCUT2D eigenvalue weighted by Gasteiger charge is 2.14. The molecule has 0 aromatic heterocycles. The number of nitrogens with one attached hydrogen (secondary N) is 1. The largest absolute Gasteiger partial charge is 0.464 e. The van der Waals surface area contributed by atoms with E-state index in [1.165, 1.54) is 57.8 Å². The number of carbonyl (C=O) groups excluding carboxylic acids is 3. The van der Waals surface area contributed by atoms with Crippen molar-refractivity contribution in [1.82, 2.24) is 5.32 Å². The molecule has 0 unspecified atom stereocenters. The van der Waals surface area contributed by atoms with E-state index in [9.17, 15) is 14.4 Å². The van der Waals surface area contributed by atoms with Crippen LogP contribution in [-0.2, 0) is 23.9 Å². The maximum Gasteiger partial charge on any atom is 0.306 e. The third kappa shape index (κ3) is 23.6. The Bertz CT molecular complexity index is 562. The Balaban J connectivity index is 3.46. The number of ether oxygens (including phenoxy) is 2. The predicted molar refractivity (Wildman–Crippen MR) is 137 cm³/mol. The van der Waals surface area contributed by atoms with E-state index in [1.54, 1.807) is 0 Å². The first-order valence-electron chi connectivity index (χ1n) is 13.5. The molecule has 0 heterocycles. The fourth-order valence-electron chi connectivity index (χ4n) is 3.45. The molecule has 204 valence electrons. The monoisotopic (exact) mass is 499 g/mol. The molecule has 3 N–H and O–H groups in total. The van der Waals surface area contributed by atoms with Gasteiger partial charge in [0, 0.05) is 6.42 Å². The molecule has 0 bridgehead atoms. The summed E-state index contributed by atoms with van der Waals surface area (Å²) in [7, 11) is 0. The van der Waals surface area contributed by atoms with Gasteiger partial charge in [-0.25, -0.2) is 0 Å². The highest BCUT2D eigenvalue weighted by atomic mass is 16.6. The van der Waals surface area contributed by atoms with Crippen LogP contribution in [0.3, 0.4) is 0 Å². The van der Waals surface area contributed by atoms with Gasteiger partial charge in [-0.2, -0.15) is 0 Å². The Morgan fingerprint density at radius 2 is 1.29 bits per heavy atom. The molecular formula is C27H49NO7. The second kappa shape index (κ2) is 25.2. The Kier molecular flexibility index (Phi) is 23.8. The van der Waals surface area contributed by atoms with Gasteiger partial charge in [0.15, 0.2) is 0 Å². The lowest BCUT2D eigenvalue weighted by Crippen LogP contribution is -2.28. The Labute approximate surface area is 211 Å². The predicted octanol–water partition coefficient (Wildman–Crippen LogP) is 4.36. The molecule has 0 atom stereocenters. The maximum absolute atomic E-state index is 11.8. The van der Waals surface area contributed by atoms with Crippen molar-refractivity contribution in [3.8, 4) is 0 Å². The van der Waals surface area contributed by atoms with Crippen LogP contribution in [0.4, 0.5) is 0 Å². The fraction of sp³-hybridized carbons (Fsp3) is 0.815. The summed E-state index contributed by atoms with van der Waals surface area (Å²) >= 11 is 0. The molecule has 0 aliphatic rings. The number of unbranched alkanes of at least 4 members (excludes halogenated alkanes) is 11. The summed E-state index contributed by atoms with van der Waals surface area (Å²) in [5.41, 5.74) is 0. The van der Waals surface area contributed by atoms with Gasteiger partial charge in [-0.05, 0) is 32.1 Å². The minimum atomic E-state index is -0.976. The summed E-state index contributed by atoms with van der Waals surface area (Å²) < 4.78 is 9.72. The summed E-state index contributed by atoms with van der Waals surface area (Å²) in [5, 5.41) is 20.4. The second-order valence-electron chi connectivity index (χ2n) is 8.88. The zero-order valence-corrected chi connectivity index (χ0v) is 21.8. The van der Waals surface area contributed by atoms with E-state index < -0.39 is 31.3 Å². The molecule has 0 aromatic carbocycles. The molecule has 8 heteroatoms. The first-order chi connectivity index (χ1) is 17.0. The second-order valence-corrected chi connectivity index (χ2v) is 8.88. The molecule has 0 saturated heterocycles. The molecule has 0 rings (SSSR count). The van der Waals surface area contributed by atoms with E-state index >= 15 is 0 Å². The maximum atomic E-state index is 11.8. The first-order valence-corrected chi connectivity index (χ1v) is 13.5. The van der Waals surface area contributed by atoms with Crippen LogP contribution in [0.25, 0.3) is 0 Å². The lowest BCUT2D eigenvalue weighted by Gasteiger charge is -2.12. The minimum absolute atomic E-state index is 0.0436. The van der Waals surface area contributed by atoms with Gasteiger partial charge >= 0.3 is 11.9 Å². The third-order valence-corrected chi connectivity index (χ3v) is 5.59. The highest BCUT2D eigenvalue weighted by Crippen LogP contribution is 2.10. The van der Waals surface area contributed by atoms with Crippen molar-refractivity contribution in [1.29, 1.82) is 0 Å². The summed E-state index contributed by atoms with van der Waals surface area (Å²) in [6.45, 7) is 1.56. The number of aliphatic hydroxyl groups excluding tert-OH is 2. The van der Waals surface area contributed by atoms with Crippen molar-refractivity contribution in [2.24, 2.45) is 0 Å². The molecular weight excluding hydrogens is 450 g/mol. The Hall–Kier alpha value is -1.93. The van der Waals surface area contributed by atoms with E-state index in [0.29, 0.717) is 6.42 Å². The van der Waals surface area contributed by atoms with E-state index in [-0.39, 0.29) is 31.9 Å². The van der Waals surface area contributed by atoms with Crippen molar-refractivity contribution >= 4 is 17.8 Å². The fourth-order valence-corrected chi connectivity index (χ4v) is 3.45. The van der Waals surface area contributed by atoms with Crippen LogP contribution in [0.2, 0.25) is 0 Å². The molecule has 0 saturated carbocycles. The van der Waals surface area contributed by atoms with Gasteiger partial charge < -0.3 is 25.0 Å². The van der Waals surface area contributed by atoms with Gasteiger partial charge in [-0.3, -0.25) is 14.4 Å². The van der Waals surface area contributed by atoms with Crippen molar-refractivity contribution < 1.29 is 34.1 Å². The van der Waals surface area contributed by atoms with Gasteiger partial charge in [-0.15, -0.1) is 0 Å². The van der Waals surface area contributed by atoms with E-state index in [2.05, 4.69) is 24.4 Å². The molecule has 0 spiro atoms. The minimum Gasteiger partial charge on any atom is -0.464 e. The summed E-state index contributed by atoms with van der Waals surface area (Å²) in [6.07, 6.45) is 19.6. The molecule has 8 nitrogen and oxygen atoms in total. The highest BCUT2D eigenvalue weighted by molar-refractivity contribution is 5.78. The SMILES string of the molecule is CCCCCCCC/C=C\CCCCCCCC(=O)NCCOC(=O)CCC(=O)OC(CO)CO. The zero-order chi connectivity index (χ0) is 26.0. The molecule has 0 radical (unpaired) electrons.